The van der Waals surface area contributed by atoms with Crippen molar-refractivity contribution in [3.63, 3.8) is 0 Å². The zero-order valence-electron chi connectivity index (χ0n) is 10.3. The molecule has 0 amide bonds. The van der Waals surface area contributed by atoms with Crippen LogP contribution in [0.2, 0.25) is 0 Å². The number of hydrogen-bond donors (Lipinski definition) is 0. The van der Waals surface area contributed by atoms with E-state index in [1.54, 1.807) is 24.3 Å². The minimum absolute atomic E-state index is 0.194. The summed E-state index contributed by atoms with van der Waals surface area (Å²) in [6.07, 6.45) is 7.68. The van der Waals surface area contributed by atoms with Crippen molar-refractivity contribution in [2.45, 2.75) is 11.8 Å². The average Bonchev–Trinajstić information content (AvgIpc) is 2.52. The van der Waals surface area contributed by atoms with Gasteiger partial charge in [0.05, 0.1) is 17.3 Å². The van der Waals surface area contributed by atoms with Crippen molar-refractivity contribution in [2.75, 3.05) is 0 Å². The highest BCUT2D eigenvalue weighted by Gasteiger charge is 2.19. The Kier molecular flexibility index (Phi) is 3.91. The summed E-state index contributed by atoms with van der Waals surface area (Å²) in [6, 6.07) is 6.59. The largest absolute Gasteiger partial charge is 0.468 e. The number of sulfonamides is 1. The second-order valence-electron chi connectivity index (χ2n) is 3.76. The van der Waals surface area contributed by atoms with Gasteiger partial charge in [-0.3, -0.25) is 0 Å². The van der Waals surface area contributed by atoms with Crippen molar-refractivity contribution in [2.24, 2.45) is 0 Å². The molecule has 0 N–H and O–H groups in total. The van der Waals surface area contributed by atoms with Gasteiger partial charge in [0, 0.05) is 0 Å². The number of benzene rings is 1. The molecule has 0 radical (unpaired) electrons. The van der Waals surface area contributed by atoms with Crippen LogP contribution in [0.25, 0.3) is 0 Å². The molecule has 0 spiro atoms. The quantitative estimate of drug-likeness (QED) is 0.834. The number of ether oxygens (including phenoxy) is 2. The number of rotatable bonds is 2. The Balaban J connectivity index is 2.34. The van der Waals surface area contributed by atoms with Crippen LogP contribution in [-0.2, 0) is 19.5 Å². The van der Waals surface area contributed by atoms with Gasteiger partial charge in [-0.05, 0) is 19.1 Å². The van der Waals surface area contributed by atoms with Crippen molar-refractivity contribution in [3.8, 4) is 0 Å². The van der Waals surface area contributed by atoms with Gasteiger partial charge in [-0.25, -0.2) is 12.7 Å². The summed E-state index contributed by atoms with van der Waals surface area (Å²) in [5, 5.41) is 0. The molecule has 0 bridgehead atoms. The molecule has 0 atom stereocenters. The summed E-state index contributed by atoms with van der Waals surface area (Å²) in [7, 11) is -3.66. The van der Waals surface area contributed by atoms with Gasteiger partial charge in [0.25, 0.3) is 10.0 Å². The molecule has 5 nitrogen and oxygen atoms in total. The van der Waals surface area contributed by atoms with Gasteiger partial charge < -0.3 is 9.47 Å². The molecule has 0 unspecified atom stereocenters. The maximum atomic E-state index is 12.4. The van der Waals surface area contributed by atoms with E-state index >= 15 is 0 Å². The van der Waals surface area contributed by atoms with Gasteiger partial charge in [-0.2, -0.15) is 0 Å². The third-order valence-electron chi connectivity index (χ3n) is 2.38. The number of nitrogens with zero attached hydrogens (tertiary/aromatic N) is 1. The van der Waals surface area contributed by atoms with Crippen LogP contribution in [0.15, 0.2) is 66.6 Å². The predicted octanol–water partition coefficient (Wildman–Crippen LogP) is 2.45. The van der Waals surface area contributed by atoms with Crippen LogP contribution in [0.4, 0.5) is 0 Å². The van der Waals surface area contributed by atoms with Crippen LogP contribution in [0.3, 0.4) is 0 Å². The third-order valence-corrected chi connectivity index (χ3v) is 4.05. The molecule has 0 saturated carbocycles. The fourth-order valence-electron chi connectivity index (χ4n) is 1.39. The summed E-state index contributed by atoms with van der Waals surface area (Å²) in [6.45, 7) is 1.89. The molecule has 2 rings (SSSR count). The van der Waals surface area contributed by atoms with E-state index in [-0.39, 0.29) is 4.90 Å². The molecule has 6 heteroatoms. The number of aryl methyl sites for hydroxylation is 1. The second-order valence-corrected chi connectivity index (χ2v) is 5.61. The van der Waals surface area contributed by atoms with Crippen molar-refractivity contribution >= 4 is 10.0 Å². The van der Waals surface area contributed by atoms with Crippen molar-refractivity contribution in [1.29, 1.82) is 0 Å². The predicted molar refractivity (Wildman–Crippen MR) is 69.8 cm³/mol. The van der Waals surface area contributed by atoms with Crippen LogP contribution >= 0.6 is 0 Å². The van der Waals surface area contributed by atoms with E-state index in [4.69, 9.17) is 9.47 Å². The second kappa shape index (κ2) is 5.62. The zero-order valence-corrected chi connectivity index (χ0v) is 11.1. The first-order chi connectivity index (χ1) is 9.10. The Morgan fingerprint density at radius 3 is 1.95 bits per heavy atom. The normalized spacial score (nSPS) is 15.1. The van der Waals surface area contributed by atoms with Crippen LogP contribution in [-0.4, -0.2) is 12.7 Å². The molecule has 1 aliphatic rings. The van der Waals surface area contributed by atoms with E-state index in [1.807, 2.05) is 6.92 Å². The van der Waals surface area contributed by atoms with E-state index in [1.165, 1.54) is 37.4 Å². The standard InChI is InChI=1S/C13H13NO4S/c1-12-2-4-13(5-3-12)19(15,16)14-6-8-17-10-11-18-9-7-14/h2-11H,1H3. The van der Waals surface area contributed by atoms with E-state index in [0.717, 1.165) is 9.87 Å². The molecular formula is C13H13NO4S. The molecule has 1 aromatic rings. The topological polar surface area (TPSA) is 55.8 Å². The zero-order chi connectivity index (χ0) is 13.7. The summed E-state index contributed by atoms with van der Waals surface area (Å²) in [5.41, 5.74) is 0.991. The molecule has 0 aliphatic carbocycles. The van der Waals surface area contributed by atoms with Crippen molar-refractivity contribution in [3.05, 3.63) is 67.3 Å². The van der Waals surface area contributed by atoms with Crippen molar-refractivity contribution in [1.82, 2.24) is 4.31 Å². The van der Waals surface area contributed by atoms with E-state index in [9.17, 15) is 8.42 Å². The summed E-state index contributed by atoms with van der Waals surface area (Å²) in [4.78, 5) is 0.194. The Hall–Kier alpha value is -2.21. The molecule has 0 saturated heterocycles. The molecule has 1 aromatic carbocycles. The highest BCUT2D eigenvalue weighted by Crippen LogP contribution is 2.17. The van der Waals surface area contributed by atoms with Crippen LogP contribution in [0, 0.1) is 6.92 Å². The molecule has 19 heavy (non-hydrogen) atoms. The molecular weight excluding hydrogens is 266 g/mol. The van der Waals surface area contributed by atoms with Crippen LogP contribution < -0.4 is 0 Å². The first-order valence-corrected chi connectivity index (χ1v) is 6.94. The minimum Gasteiger partial charge on any atom is -0.468 e. The lowest BCUT2D eigenvalue weighted by Gasteiger charge is -2.15. The lowest BCUT2D eigenvalue weighted by molar-refractivity contribution is 0.346. The average molecular weight is 279 g/mol. The first-order valence-electron chi connectivity index (χ1n) is 5.50. The highest BCUT2D eigenvalue weighted by atomic mass is 32.2. The first kappa shape index (κ1) is 13.2. The molecule has 0 fully saturated rings. The summed E-state index contributed by atoms with van der Waals surface area (Å²) >= 11 is 0. The Morgan fingerprint density at radius 1 is 0.895 bits per heavy atom. The van der Waals surface area contributed by atoms with Gasteiger partial charge in [-0.15, -0.1) is 0 Å². The molecule has 1 heterocycles. The van der Waals surface area contributed by atoms with Gasteiger partial charge >= 0.3 is 0 Å². The maximum Gasteiger partial charge on any atom is 0.267 e. The van der Waals surface area contributed by atoms with Gasteiger partial charge in [0.15, 0.2) is 0 Å². The SMILES string of the molecule is Cc1ccc(S(=O)(=O)N2C=COC=COC=C2)cc1. The van der Waals surface area contributed by atoms with E-state index < -0.39 is 10.0 Å². The molecule has 0 aromatic heterocycles. The minimum atomic E-state index is -3.66. The Bertz CT molecular complexity index is 597. The van der Waals surface area contributed by atoms with Gasteiger partial charge in [0.1, 0.15) is 25.0 Å². The Morgan fingerprint density at radius 2 is 1.42 bits per heavy atom. The lowest BCUT2D eigenvalue weighted by atomic mass is 10.2. The van der Waals surface area contributed by atoms with Crippen LogP contribution in [0.1, 0.15) is 5.56 Å². The summed E-state index contributed by atoms with van der Waals surface area (Å²) < 4.78 is 35.6. The lowest BCUT2D eigenvalue weighted by Crippen LogP contribution is -2.20. The highest BCUT2D eigenvalue weighted by molar-refractivity contribution is 7.89. The van der Waals surface area contributed by atoms with E-state index in [2.05, 4.69) is 0 Å². The Labute approximate surface area is 112 Å². The number of hydrogen-bond acceptors (Lipinski definition) is 4. The monoisotopic (exact) mass is 279 g/mol. The van der Waals surface area contributed by atoms with Gasteiger partial charge in [-0.1, -0.05) is 17.7 Å². The molecule has 100 valence electrons. The van der Waals surface area contributed by atoms with Crippen LogP contribution in [0.5, 0.6) is 0 Å². The van der Waals surface area contributed by atoms with E-state index in [0.29, 0.717) is 0 Å². The summed E-state index contributed by atoms with van der Waals surface area (Å²) in [5.74, 6) is 0. The fraction of sp³-hybridized carbons (Fsp3) is 0.0769. The molecule has 1 aliphatic heterocycles. The fourth-order valence-corrected chi connectivity index (χ4v) is 2.53. The van der Waals surface area contributed by atoms with Gasteiger partial charge in [0.2, 0.25) is 0 Å². The third kappa shape index (κ3) is 3.17. The van der Waals surface area contributed by atoms with Crippen molar-refractivity contribution < 1.29 is 17.9 Å². The smallest absolute Gasteiger partial charge is 0.267 e. The maximum absolute atomic E-state index is 12.4.